The molecule has 0 spiro atoms. The van der Waals surface area contributed by atoms with Crippen LogP contribution in [0, 0.1) is 0 Å². The van der Waals surface area contributed by atoms with Crippen LogP contribution in [0.25, 0.3) is 0 Å². The zero-order chi connectivity index (χ0) is 22.3. The van der Waals surface area contributed by atoms with E-state index in [-0.39, 0.29) is 18.3 Å². The molecule has 0 amide bonds. The van der Waals surface area contributed by atoms with Gasteiger partial charge in [-0.15, -0.1) is 0 Å². The number of hydrogen-bond donors (Lipinski definition) is 0. The Bertz CT molecular complexity index is 951. The van der Waals surface area contributed by atoms with Crippen molar-refractivity contribution in [1.29, 1.82) is 0 Å². The van der Waals surface area contributed by atoms with Crippen molar-refractivity contribution in [2.24, 2.45) is 0 Å². The summed E-state index contributed by atoms with van der Waals surface area (Å²) < 4.78 is 12.4. The summed E-state index contributed by atoms with van der Waals surface area (Å²) in [4.78, 5) is 2.74. The largest absolute Gasteiger partial charge is 0.494 e. The molecule has 0 N–H and O–H groups in total. The molecule has 2 saturated heterocycles. The number of nitrogens with zero attached hydrogens (tertiary/aromatic N) is 1. The Labute approximate surface area is 194 Å². The lowest BCUT2D eigenvalue weighted by Crippen LogP contribution is -2.48. The molecule has 0 aliphatic carbocycles. The minimum atomic E-state index is -0.299. The van der Waals surface area contributed by atoms with Gasteiger partial charge < -0.3 is 9.31 Å². The molecule has 0 saturated carbocycles. The van der Waals surface area contributed by atoms with Gasteiger partial charge in [-0.1, -0.05) is 72.7 Å². The molecule has 4 heteroatoms. The van der Waals surface area contributed by atoms with Crippen molar-refractivity contribution >= 4 is 12.6 Å². The van der Waals surface area contributed by atoms with E-state index < -0.39 is 0 Å². The van der Waals surface area contributed by atoms with Gasteiger partial charge in [-0.25, -0.2) is 0 Å². The van der Waals surface area contributed by atoms with E-state index in [9.17, 15) is 0 Å². The van der Waals surface area contributed by atoms with Crippen molar-refractivity contribution < 1.29 is 9.31 Å². The van der Waals surface area contributed by atoms with Crippen LogP contribution in [0.5, 0.6) is 0 Å². The van der Waals surface area contributed by atoms with Crippen molar-refractivity contribution in [3.8, 4) is 0 Å². The second-order valence-electron chi connectivity index (χ2n) is 10.8. The summed E-state index contributed by atoms with van der Waals surface area (Å²) in [6, 6.07) is 21.1. The number of hydrogen-bond acceptors (Lipinski definition) is 3. The molecule has 2 atom stereocenters. The standard InChI is InChI=1S/C28H36BNO2/c1-27(2)28(3,4)32-29(31-27)24-15-13-21(14-16-24)17-23-18-25-11-8-12-26(19-23)30(25)20-22-9-6-5-7-10-22/h5-7,9-10,13-16,18,25-26H,8,11-12,17,19-20H2,1-4H3. The molecular formula is C28H36BNO2. The van der Waals surface area contributed by atoms with Crippen LogP contribution in [0.1, 0.15) is 64.5 Å². The predicted molar refractivity (Wildman–Crippen MR) is 132 cm³/mol. The van der Waals surface area contributed by atoms with Gasteiger partial charge in [0.1, 0.15) is 0 Å². The summed E-state index contributed by atoms with van der Waals surface area (Å²) in [5, 5.41) is 0. The van der Waals surface area contributed by atoms with Gasteiger partial charge in [0.15, 0.2) is 0 Å². The van der Waals surface area contributed by atoms with E-state index in [1.165, 1.54) is 36.8 Å². The maximum Gasteiger partial charge on any atom is 0.494 e. The highest BCUT2D eigenvalue weighted by Crippen LogP contribution is 2.37. The van der Waals surface area contributed by atoms with E-state index in [1.807, 2.05) is 0 Å². The molecule has 2 fully saturated rings. The molecule has 2 bridgehead atoms. The Balaban J connectivity index is 1.26. The third-order valence-electron chi connectivity index (χ3n) is 8.00. The molecule has 5 rings (SSSR count). The second-order valence-corrected chi connectivity index (χ2v) is 10.8. The highest BCUT2D eigenvalue weighted by Gasteiger charge is 2.51. The molecule has 2 aromatic carbocycles. The van der Waals surface area contributed by atoms with Gasteiger partial charge in [0.05, 0.1) is 11.2 Å². The molecule has 32 heavy (non-hydrogen) atoms. The van der Waals surface area contributed by atoms with Crippen molar-refractivity contribution in [2.75, 3.05) is 0 Å². The number of piperidine rings is 1. The SMILES string of the molecule is CC1(C)OB(c2ccc(CC3=CC4CCCC(C3)N4Cc3ccccc3)cc2)OC1(C)C. The van der Waals surface area contributed by atoms with E-state index >= 15 is 0 Å². The lowest BCUT2D eigenvalue weighted by atomic mass is 9.78. The Morgan fingerprint density at radius 3 is 2.22 bits per heavy atom. The summed E-state index contributed by atoms with van der Waals surface area (Å²) in [6.45, 7) is 9.50. The molecule has 3 heterocycles. The predicted octanol–water partition coefficient (Wildman–Crippen LogP) is 5.28. The van der Waals surface area contributed by atoms with Crippen molar-refractivity contribution in [2.45, 2.75) is 89.6 Å². The average Bonchev–Trinajstić information content (AvgIpc) is 2.97. The van der Waals surface area contributed by atoms with E-state index in [1.54, 1.807) is 5.57 Å². The van der Waals surface area contributed by atoms with E-state index in [4.69, 9.17) is 9.31 Å². The summed E-state index contributed by atoms with van der Waals surface area (Å²) >= 11 is 0. The first-order valence-corrected chi connectivity index (χ1v) is 12.2. The molecule has 0 aromatic heterocycles. The molecule has 3 aliphatic heterocycles. The van der Waals surface area contributed by atoms with Gasteiger partial charge in [0.2, 0.25) is 0 Å². The van der Waals surface area contributed by atoms with Crippen LogP contribution >= 0.6 is 0 Å². The van der Waals surface area contributed by atoms with Gasteiger partial charge in [0, 0.05) is 18.6 Å². The highest BCUT2D eigenvalue weighted by atomic mass is 16.7. The fraction of sp³-hybridized carbons (Fsp3) is 0.500. The summed E-state index contributed by atoms with van der Waals surface area (Å²) in [5.41, 5.74) is 4.92. The third-order valence-corrected chi connectivity index (χ3v) is 8.00. The fourth-order valence-electron chi connectivity index (χ4n) is 5.41. The van der Waals surface area contributed by atoms with Gasteiger partial charge in [-0.3, -0.25) is 4.90 Å². The quantitative estimate of drug-likeness (QED) is 0.477. The van der Waals surface area contributed by atoms with Crippen LogP contribution in [0.15, 0.2) is 66.2 Å². The first-order chi connectivity index (χ1) is 15.3. The second kappa shape index (κ2) is 8.48. The number of fused-ring (bicyclic) bond motifs is 2. The lowest BCUT2D eigenvalue weighted by Gasteiger charge is -2.45. The van der Waals surface area contributed by atoms with Gasteiger partial charge >= 0.3 is 7.12 Å². The average molecular weight is 429 g/mol. The van der Waals surface area contributed by atoms with Crippen molar-refractivity contribution in [3.05, 3.63) is 77.4 Å². The van der Waals surface area contributed by atoms with Gasteiger partial charge in [-0.2, -0.15) is 0 Å². The maximum atomic E-state index is 6.21. The lowest BCUT2D eigenvalue weighted by molar-refractivity contribution is 0.00578. The minimum absolute atomic E-state index is 0.283. The Hall–Kier alpha value is -1.88. The zero-order valence-corrected chi connectivity index (χ0v) is 20.0. The molecule has 3 aliphatic rings. The molecular weight excluding hydrogens is 393 g/mol. The van der Waals surface area contributed by atoms with Crippen LogP contribution in [0.4, 0.5) is 0 Å². The molecule has 168 valence electrons. The summed E-state index contributed by atoms with van der Waals surface area (Å²) in [6.07, 6.45) is 8.78. The van der Waals surface area contributed by atoms with E-state index in [0.717, 1.165) is 18.4 Å². The fourth-order valence-corrected chi connectivity index (χ4v) is 5.41. The topological polar surface area (TPSA) is 21.7 Å². The van der Waals surface area contributed by atoms with E-state index in [2.05, 4.69) is 93.3 Å². The Morgan fingerprint density at radius 1 is 0.875 bits per heavy atom. The van der Waals surface area contributed by atoms with Crippen LogP contribution in [-0.4, -0.2) is 35.3 Å². The van der Waals surface area contributed by atoms with Crippen LogP contribution in [-0.2, 0) is 22.3 Å². The molecule has 2 unspecified atom stereocenters. The van der Waals surface area contributed by atoms with Gasteiger partial charge in [0.25, 0.3) is 0 Å². The molecule has 0 radical (unpaired) electrons. The smallest absolute Gasteiger partial charge is 0.399 e. The van der Waals surface area contributed by atoms with Crippen LogP contribution < -0.4 is 5.46 Å². The maximum absolute atomic E-state index is 6.21. The minimum Gasteiger partial charge on any atom is -0.399 e. The van der Waals surface area contributed by atoms with Crippen molar-refractivity contribution in [3.63, 3.8) is 0 Å². The van der Waals surface area contributed by atoms with Gasteiger partial charge in [-0.05, 0) is 70.0 Å². The highest BCUT2D eigenvalue weighted by molar-refractivity contribution is 6.62. The van der Waals surface area contributed by atoms with Crippen LogP contribution in [0.3, 0.4) is 0 Å². The summed E-state index contributed by atoms with van der Waals surface area (Å²) in [7, 11) is -0.283. The molecule has 3 nitrogen and oxygen atoms in total. The normalized spacial score (nSPS) is 26.8. The van der Waals surface area contributed by atoms with E-state index in [0.29, 0.717) is 12.1 Å². The third kappa shape index (κ3) is 4.33. The van der Waals surface area contributed by atoms with Crippen LogP contribution in [0.2, 0.25) is 0 Å². The zero-order valence-electron chi connectivity index (χ0n) is 20.0. The number of rotatable bonds is 5. The monoisotopic (exact) mass is 429 g/mol. The Morgan fingerprint density at radius 2 is 1.56 bits per heavy atom. The Kier molecular flexibility index (Phi) is 5.81. The molecule has 2 aromatic rings. The summed E-state index contributed by atoms with van der Waals surface area (Å²) in [5.74, 6) is 0. The first kappa shape index (κ1) is 21.9. The number of benzene rings is 2. The van der Waals surface area contributed by atoms with Crippen molar-refractivity contribution in [1.82, 2.24) is 4.90 Å². The first-order valence-electron chi connectivity index (χ1n) is 12.2.